The van der Waals surface area contributed by atoms with Gasteiger partial charge in [0, 0.05) is 37.1 Å². The number of halogens is 1. The second kappa shape index (κ2) is 6.92. The normalized spacial score (nSPS) is 16.6. The third kappa shape index (κ3) is 4.22. The molecule has 0 spiro atoms. The summed E-state index contributed by atoms with van der Waals surface area (Å²) in [7, 11) is 0. The lowest BCUT2D eigenvalue weighted by molar-refractivity contribution is -0.130. The minimum absolute atomic E-state index is 0.213. The summed E-state index contributed by atoms with van der Waals surface area (Å²) < 4.78 is 0. The van der Waals surface area contributed by atoms with Crippen LogP contribution in [0.2, 0.25) is 5.02 Å². The third-order valence-electron chi connectivity index (χ3n) is 3.60. The zero-order chi connectivity index (χ0) is 13.7. The molecule has 2 rings (SSSR count). The summed E-state index contributed by atoms with van der Waals surface area (Å²) in [5.74, 6) is 0.267. The Hall–Kier alpha value is -1.06. The Kier molecular flexibility index (Phi) is 5.23. The molecule has 1 aliphatic heterocycles. The summed E-state index contributed by atoms with van der Waals surface area (Å²) in [5, 5.41) is 4.12. The van der Waals surface area contributed by atoms with Crippen LogP contribution in [0.25, 0.3) is 0 Å². The van der Waals surface area contributed by atoms with E-state index in [1.165, 1.54) is 0 Å². The molecule has 1 aromatic rings. The highest BCUT2D eigenvalue weighted by atomic mass is 35.5. The zero-order valence-corrected chi connectivity index (χ0v) is 12.1. The van der Waals surface area contributed by atoms with Crippen LogP contribution < -0.4 is 5.32 Å². The van der Waals surface area contributed by atoms with Crippen molar-refractivity contribution in [2.45, 2.75) is 32.2 Å². The zero-order valence-electron chi connectivity index (χ0n) is 11.4. The van der Waals surface area contributed by atoms with Crippen molar-refractivity contribution in [3.05, 3.63) is 34.9 Å². The number of hydrogen-bond acceptors (Lipinski definition) is 2. The quantitative estimate of drug-likeness (QED) is 0.899. The number of likely N-dealkylation sites (tertiary alicyclic amines) is 1. The molecule has 0 aliphatic carbocycles. The first-order valence-corrected chi connectivity index (χ1v) is 7.31. The van der Waals surface area contributed by atoms with E-state index in [0.717, 1.165) is 36.5 Å². The molecule has 0 bridgehead atoms. The Morgan fingerprint density at radius 1 is 1.42 bits per heavy atom. The van der Waals surface area contributed by atoms with Crippen LogP contribution in [0.1, 0.15) is 37.8 Å². The molecule has 19 heavy (non-hydrogen) atoms. The molecule has 1 heterocycles. The third-order valence-corrected chi connectivity index (χ3v) is 3.83. The molecule has 1 aliphatic rings. The molecule has 4 heteroatoms. The maximum absolute atomic E-state index is 11.9. The fraction of sp³-hybridized carbons (Fsp3) is 0.533. The highest BCUT2D eigenvalue weighted by Crippen LogP contribution is 2.17. The largest absolute Gasteiger partial charge is 0.343 e. The first kappa shape index (κ1) is 14.4. The van der Waals surface area contributed by atoms with Crippen LogP contribution in [0.5, 0.6) is 0 Å². The van der Waals surface area contributed by atoms with Crippen LogP contribution in [-0.4, -0.2) is 30.4 Å². The summed E-state index contributed by atoms with van der Waals surface area (Å²) in [4.78, 5) is 13.8. The predicted octanol–water partition coefficient (Wildman–Crippen LogP) is 3.00. The van der Waals surface area contributed by atoms with E-state index < -0.39 is 0 Å². The monoisotopic (exact) mass is 280 g/mol. The van der Waals surface area contributed by atoms with Crippen molar-refractivity contribution in [3.8, 4) is 0 Å². The topological polar surface area (TPSA) is 32.3 Å². The van der Waals surface area contributed by atoms with Gasteiger partial charge in [0.15, 0.2) is 0 Å². The first-order valence-electron chi connectivity index (χ1n) is 6.93. The Morgan fingerprint density at radius 3 is 2.84 bits per heavy atom. The fourth-order valence-corrected chi connectivity index (χ4v) is 2.61. The van der Waals surface area contributed by atoms with E-state index in [9.17, 15) is 4.79 Å². The van der Waals surface area contributed by atoms with Gasteiger partial charge >= 0.3 is 0 Å². The minimum atomic E-state index is 0.213. The Morgan fingerprint density at radius 2 is 2.16 bits per heavy atom. The van der Waals surface area contributed by atoms with E-state index in [1.54, 1.807) is 0 Å². The number of carbonyl (C=O) groups is 1. The molecule has 3 nitrogen and oxygen atoms in total. The van der Waals surface area contributed by atoms with E-state index in [0.29, 0.717) is 13.0 Å². The highest BCUT2D eigenvalue weighted by Gasteiger charge is 2.17. The molecule has 1 aromatic carbocycles. The first-order chi connectivity index (χ1) is 9.16. The molecule has 1 unspecified atom stereocenters. The van der Waals surface area contributed by atoms with Crippen LogP contribution >= 0.6 is 11.6 Å². The van der Waals surface area contributed by atoms with Crippen molar-refractivity contribution in [2.24, 2.45) is 0 Å². The van der Waals surface area contributed by atoms with E-state index in [4.69, 9.17) is 11.6 Å². The summed E-state index contributed by atoms with van der Waals surface area (Å²) >= 11 is 5.97. The molecule has 1 atom stereocenters. The van der Waals surface area contributed by atoms with Crippen LogP contribution in [0, 0.1) is 0 Å². The van der Waals surface area contributed by atoms with E-state index in [1.807, 2.05) is 29.2 Å². The summed E-state index contributed by atoms with van der Waals surface area (Å²) in [5.41, 5.74) is 1.15. The molecular formula is C15H21ClN2O. The van der Waals surface area contributed by atoms with Gasteiger partial charge in [0.05, 0.1) is 0 Å². The Bertz CT molecular complexity index is 430. The minimum Gasteiger partial charge on any atom is -0.343 e. The van der Waals surface area contributed by atoms with Crippen molar-refractivity contribution < 1.29 is 4.79 Å². The standard InChI is InChI=1S/C15H21ClN2O/c1-12(13-5-4-6-14(16)11-13)17-8-7-15(19)18-9-2-3-10-18/h4-6,11-12,17H,2-3,7-10H2,1H3. The van der Waals surface area contributed by atoms with E-state index in [-0.39, 0.29) is 11.9 Å². The molecule has 1 N–H and O–H groups in total. The van der Waals surface area contributed by atoms with Crippen LogP contribution in [0.15, 0.2) is 24.3 Å². The lowest BCUT2D eigenvalue weighted by Gasteiger charge is -2.17. The van der Waals surface area contributed by atoms with Gasteiger partial charge in [-0.3, -0.25) is 4.79 Å². The summed E-state index contributed by atoms with van der Waals surface area (Å²) in [6.07, 6.45) is 2.88. The average molecular weight is 281 g/mol. The number of nitrogens with one attached hydrogen (secondary N) is 1. The van der Waals surface area contributed by atoms with Crippen molar-refractivity contribution in [3.63, 3.8) is 0 Å². The van der Waals surface area contributed by atoms with Crippen molar-refractivity contribution in [1.29, 1.82) is 0 Å². The molecule has 1 amide bonds. The molecule has 1 saturated heterocycles. The van der Waals surface area contributed by atoms with Gasteiger partial charge in [-0.25, -0.2) is 0 Å². The second-order valence-corrected chi connectivity index (χ2v) is 5.51. The van der Waals surface area contributed by atoms with Gasteiger partial charge < -0.3 is 10.2 Å². The number of nitrogens with zero attached hydrogens (tertiary/aromatic N) is 1. The Labute approximate surface area is 119 Å². The number of hydrogen-bond donors (Lipinski definition) is 1. The molecular weight excluding hydrogens is 260 g/mol. The second-order valence-electron chi connectivity index (χ2n) is 5.07. The number of carbonyl (C=O) groups excluding carboxylic acids is 1. The molecule has 0 saturated carbocycles. The predicted molar refractivity (Wildman–Crippen MR) is 78.3 cm³/mol. The van der Waals surface area contributed by atoms with Gasteiger partial charge in [-0.05, 0) is 37.5 Å². The number of amides is 1. The van der Waals surface area contributed by atoms with E-state index in [2.05, 4.69) is 12.2 Å². The number of rotatable bonds is 5. The molecule has 0 aromatic heterocycles. The lowest BCUT2D eigenvalue weighted by Crippen LogP contribution is -2.31. The van der Waals surface area contributed by atoms with Crippen LogP contribution in [0.4, 0.5) is 0 Å². The van der Waals surface area contributed by atoms with Crippen molar-refractivity contribution >= 4 is 17.5 Å². The van der Waals surface area contributed by atoms with Crippen LogP contribution in [0.3, 0.4) is 0 Å². The number of benzene rings is 1. The van der Waals surface area contributed by atoms with Gasteiger partial charge in [0.2, 0.25) is 5.91 Å². The smallest absolute Gasteiger partial charge is 0.223 e. The maximum atomic E-state index is 11.9. The van der Waals surface area contributed by atoms with Gasteiger partial charge in [-0.2, -0.15) is 0 Å². The van der Waals surface area contributed by atoms with Crippen molar-refractivity contribution in [2.75, 3.05) is 19.6 Å². The van der Waals surface area contributed by atoms with E-state index >= 15 is 0 Å². The highest BCUT2D eigenvalue weighted by molar-refractivity contribution is 6.30. The van der Waals surface area contributed by atoms with Gasteiger partial charge in [0.1, 0.15) is 0 Å². The summed E-state index contributed by atoms with van der Waals surface area (Å²) in [6, 6.07) is 8.04. The SMILES string of the molecule is CC(NCCC(=O)N1CCCC1)c1cccc(Cl)c1. The molecule has 104 valence electrons. The lowest BCUT2D eigenvalue weighted by atomic mass is 10.1. The van der Waals surface area contributed by atoms with Gasteiger partial charge in [-0.1, -0.05) is 23.7 Å². The van der Waals surface area contributed by atoms with Crippen LogP contribution in [-0.2, 0) is 4.79 Å². The van der Waals surface area contributed by atoms with Crippen molar-refractivity contribution in [1.82, 2.24) is 10.2 Å². The summed E-state index contributed by atoms with van der Waals surface area (Å²) in [6.45, 7) is 4.67. The van der Waals surface area contributed by atoms with Gasteiger partial charge in [-0.15, -0.1) is 0 Å². The fourth-order valence-electron chi connectivity index (χ4n) is 2.41. The molecule has 1 fully saturated rings. The Balaban J connectivity index is 1.74. The maximum Gasteiger partial charge on any atom is 0.223 e. The van der Waals surface area contributed by atoms with Gasteiger partial charge in [0.25, 0.3) is 0 Å². The molecule has 0 radical (unpaired) electrons. The average Bonchev–Trinajstić information content (AvgIpc) is 2.92.